The summed E-state index contributed by atoms with van der Waals surface area (Å²) in [6, 6.07) is 14.2. The van der Waals surface area contributed by atoms with Gasteiger partial charge in [0.1, 0.15) is 11.0 Å². The van der Waals surface area contributed by atoms with E-state index in [-0.39, 0.29) is 6.04 Å². The van der Waals surface area contributed by atoms with Crippen LogP contribution >= 0.6 is 45.9 Å². The molecule has 0 amide bonds. The number of hydrogen-bond acceptors (Lipinski definition) is 7. The lowest BCUT2D eigenvalue weighted by atomic mass is 10.1. The average molecular weight is 516 g/mol. The molecule has 1 unspecified atom stereocenters. The summed E-state index contributed by atoms with van der Waals surface area (Å²) in [5, 5.41) is 19.2. The highest BCUT2D eigenvalue weighted by Gasteiger charge is 2.21. The summed E-state index contributed by atoms with van der Waals surface area (Å²) in [5.41, 5.74) is 6.81. The Labute approximate surface area is 208 Å². The van der Waals surface area contributed by atoms with E-state index in [1.165, 1.54) is 22.7 Å². The quantitative estimate of drug-likeness (QED) is 0.252. The summed E-state index contributed by atoms with van der Waals surface area (Å²) in [6.45, 7) is 3.56. The summed E-state index contributed by atoms with van der Waals surface area (Å²) in [6.07, 6.45) is 4.03. The number of rotatable bonds is 8. The summed E-state index contributed by atoms with van der Waals surface area (Å²) >= 11 is 15.5. The number of halogens is 2. The fraction of sp³-hybridized carbons (Fsp3) is 0.182. The maximum atomic E-state index is 6.35. The molecule has 0 saturated carbocycles. The van der Waals surface area contributed by atoms with E-state index in [9.17, 15) is 0 Å². The van der Waals surface area contributed by atoms with E-state index < -0.39 is 0 Å². The number of nitrogens with zero attached hydrogens (tertiary/aromatic N) is 7. The summed E-state index contributed by atoms with van der Waals surface area (Å²) < 4.78 is 4.16. The van der Waals surface area contributed by atoms with Crippen molar-refractivity contribution in [2.24, 2.45) is 0 Å². The lowest BCUT2D eigenvalue weighted by Gasteiger charge is -2.30. The summed E-state index contributed by atoms with van der Waals surface area (Å²) in [7, 11) is 0. The van der Waals surface area contributed by atoms with Gasteiger partial charge in [0, 0.05) is 42.9 Å². The second kappa shape index (κ2) is 9.74. The highest BCUT2D eigenvalue weighted by Crippen LogP contribution is 2.31. The predicted octanol–water partition coefficient (Wildman–Crippen LogP) is 6.04. The van der Waals surface area contributed by atoms with Crippen molar-refractivity contribution < 1.29 is 0 Å². The maximum Gasteiger partial charge on any atom is 0.216 e. The van der Waals surface area contributed by atoms with Gasteiger partial charge in [-0.05, 0) is 48.9 Å². The third-order valence-electron chi connectivity index (χ3n) is 5.48. The van der Waals surface area contributed by atoms with E-state index in [1.807, 2.05) is 42.7 Å². The average Bonchev–Trinajstić information content (AvgIpc) is 3.61. The van der Waals surface area contributed by atoms with Gasteiger partial charge in [-0.3, -0.25) is 14.0 Å². The second-order valence-electron chi connectivity index (χ2n) is 7.44. The third kappa shape index (κ3) is 4.73. The van der Waals surface area contributed by atoms with Gasteiger partial charge in [0.15, 0.2) is 0 Å². The molecule has 168 valence electrons. The number of benzene rings is 1. The molecule has 0 saturated heterocycles. The molecule has 33 heavy (non-hydrogen) atoms. The minimum absolute atomic E-state index is 0.0651. The Morgan fingerprint density at radius 3 is 1.91 bits per heavy atom. The van der Waals surface area contributed by atoms with Crippen LogP contribution in [0.4, 0.5) is 0 Å². The molecule has 0 aliphatic heterocycles. The molecule has 11 heteroatoms. The van der Waals surface area contributed by atoms with Crippen LogP contribution in [0.2, 0.25) is 10.0 Å². The first kappa shape index (κ1) is 22.2. The highest BCUT2D eigenvalue weighted by atomic mass is 35.5. The van der Waals surface area contributed by atoms with Crippen LogP contribution in [-0.2, 0) is 13.1 Å². The molecule has 4 aromatic heterocycles. The van der Waals surface area contributed by atoms with Crippen LogP contribution in [-0.4, -0.2) is 34.4 Å². The highest BCUT2D eigenvalue weighted by molar-refractivity contribution is 7.12. The van der Waals surface area contributed by atoms with Crippen molar-refractivity contribution in [2.75, 3.05) is 0 Å². The number of aromatic nitrogens is 6. The Kier molecular flexibility index (Phi) is 6.57. The monoisotopic (exact) mass is 515 g/mol. The van der Waals surface area contributed by atoms with E-state index in [4.69, 9.17) is 23.2 Å². The van der Waals surface area contributed by atoms with Crippen molar-refractivity contribution in [1.29, 1.82) is 0 Å². The molecule has 0 aliphatic carbocycles. The minimum Gasteiger partial charge on any atom is -0.294 e. The van der Waals surface area contributed by atoms with E-state index in [0.29, 0.717) is 23.1 Å². The van der Waals surface area contributed by atoms with E-state index >= 15 is 0 Å². The Morgan fingerprint density at radius 2 is 1.42 bits per heavy atom. The normalized spacial score (nSPS) is 12.5. The zero-order chi connectivity index (χ0) is 22.8. The lowest BCUT2D eigenvalue weighted by Crippen LogP contribution is -2.28. The van der Waals surface area contributed by atoms with Crippen LogP contribution in [0.5, 0.6) is 0 Å². The van der Waals surface area contributed by atoms with E-state index in [2.05, 4.69) is 53.5 Å². The van der Waals surface area contributed by atoms with Gasteiger partial charge in [0.05, 0.1) is 10.0 Å². The molecule has 5 aromatic rings. The van der Waals surface area contributed by atoms with Gasteiger partial charge in [0.2, 0.25) is 10.3 Å². The van der Waals surface area contributed by atoms with Crippen molar-refractivity contribution in [1.82, 2.24) is 34.4 Å². The van der Waals surface area contributed by atoms with Crippen molar-refractivity contribution in [3.8, 4) is 10.3 Å². The first-order valence-electron chi connectivity index (χ1n) is 10.1. The molecule has 1 atom stereocenters. The molecule has 0 aliphatic rings. The summed E-state index contributed by atoms with van der Waals surface area (Å²) in [5.74, 6) is 0. The fourth-order valence-corrected chi connectivity index (χ4v) is 5.19. The Balaban J connectivity index is 1.50. The van der Waals surface area contributed by atoms with Crippen LogP contribution in [0.1, 0.15) is 29.9 Å². The van der Waals surface area contributed by atoms with Crippen molar-refractivity contribution in [3.63, 3.8) is 0 Å². The Bertz CT molecular complexity index is 1250. The predicted molar refractivity (Wildman–Crippen MR) is 133 cm³/mol. The molecule has 5 rings (SSSR count). The zero-order valence-corrected chi connectivity index (χ0v) is 20.7. The molecule has 1 aromatic carbocycles. The van der Waals surface area contributed by atoms with Gasteiger partial charge in [-0.15, -0.1) is 20.4 Å². The topological polar surface area (TPSA) is 64.7 Å². The maximum absolute atomic E-state index is 6.35. The van der Waals surface area contributed by atoms with Crippen molar-refractivity contribution in [2.45, 2.75) is 26.1 Å². The van der Waals surface area contributed by atoms with Crippen LogP contribution < -0.4 is 0 Å². The molecule has 4 heterocycles. The summed E-state index contributed by atoms with van der Waals surface area (Å²) in [4.78, 5) is 2.39. The fourth-order valence-electron chi connectivity index (χ4n) is 3.74. The van der Waals surface area contributed by atoms with E-state index in [0.717, 1.165) is 27.2 Å². The van der Waals surface area contributed by atoms with Gasteiger partial charge < -0.3 is 0 Å². The van der Waals surface area contributed by atoms with Crippen LogP contribution in [0, 0.1) is 0 Å². The largest absolute Gasteiger partial charge is 0.294 e. The minimum atomic E-state index is 0.0651. The molecular weight excluding hydrogens is 497 g/mol. The molecular formula is C22H19Cl2N7S2. The van der Waals surface area contributed by atoms with Gasteiger partial charge >= 0.3 is 0 Å². The molecule has 0 radical (unpaired) electrons. The van der Waals surface area contributed by atoms with E-state index in [1.54, 1.807) is 11.0 Å². The molecule has 0 fully saturated rings. The Morgan fingerprint density at radius 1 is 0.848 bits per heavy atom. The molecule has 0 bridgehead atoms. The molecule has 7 nitrogen and oxygen atoms in total. The molecule has 0 spiro atoms. The second-order valence-corrected chi connectivity index (χ2v) is 9.87. The van der Waals surface area contributed by atoms with Gasteiger partial charge in [-0.2, -0.15) is 0 Å². The standard InChI is InChI=1S/C22H19Cl2N7S2/c1-15(16-6-7-19(23)20(24)10-16)29(11-17-4-2-8-30(17)21-27-25-13-32-21)12-18-5-3-9-31(18)22-28-26-14-33-22/h2-10,13-15H,11-12H2,1H3. The first-order valence-corrected chi connectivity index (χ1v) is 12.7. The van der Waals surface area contributed by atoms with Gasteiger partial charge in [-0.25, -0.2) is 0 Å². The Hall–Kier alpha value is -2.56. The number of hydrogen-bond donors (Lipinski definition) is 0. The first-order chi connectivity index (χ1) is 16.1. The van der Waals surface area contributed by atoms with Crippen molar-refractivity contribution >= 4 is 45.9 Å². The van der Waals surface area contributed by atoms with Crippen LogP contribution in [0.25, 0.3) is 10.3 Å². The van der Waals surface area contributed by atoms with Crippen LogP contribution in [0.15, 0.2) is 65.9 Å². The lowest BCUT2D eigenvalue weighted by molar-refractivity contribution is 0.185. The SMILES string of the molecule is CC(c1ccc(Cl)c(Cl)c1)N(Cc1cccn1-c1nncs1)Cc1cccn1-c1nncs1. The zero-order valence-electron chi connectivity index (χ0n) is 17.5. The van der Waals surface area contributed by atoms with Gasteiger partial charge in [0.25, 0.3) is 0 Å². The van der Waals surface area contributed by atoms with Gasteiger partial charge in [-0.1, -0.05) is 51.9 Å². The van der Waals surface area contributed by atoms with Crippen molar-refractivity contribution in [3.05, 3.63) is 92.9 Å². The van der Waals surface area contributed by atoms with Crippen LogP contribution in [0.3, 0.4) is 0 Å². The molecule has 0 N–H and O–H groups in total. The smallest absolute Gasteiger partial charge is 0.216 e. The third-order valence-corrected chi connectivity index (χ3v) is 7.60.